The van der Waals surface area contributed by atoms with Crippen molar-refractivity contribution in [3.8, 4) is 0 Å². The molecule has 1 saturated heterocycles. The fraction of sp³-hybridized carbons (Fsp3) is 0.833. The van der Waals surface area contributed by atoms with E-state index < -0.39 is 11.3 Å². The average Bonchev–Trinajstić information content (AvgIpc) is 2.63. The summed E-state index contributed by atoms with van der Waals surface area (Å²) in [5, 5.41) is 0. The van der Waals surface area contributed by atoms with Gasteiger partial charge in [-0.1, -0.05) is 19.9 Å². The maximum Gasteiger partial charge on any atom is 0.412 e. The predicted octanol–water partition coefficient (Wildman–Crippen LogP) is 4.74. The van der Waals surface area contributed by atoms with Gasteiger partial charge < -0.3 is 9.47 Å². The summed E-state index contributed by atoms with van der Waals surface area (Å²) in [7, 11) is 0. The Hall–Kier alpha value is -1.03. The first-order valence-corrected chi connectivity index (χ1v) is 8.18. The zero-order chi connectivity index (χ0) is 17.2. The lowest BCUT2D eigenvalue weighted by Crippen LogP contribution is -2.54. The Bertz CT molecular complexity index is 407. The Morgan fingerprint density at radius 2 is 1.95 bits per heavy atom. The topological polar surface area (TPSA) is 38.8 Å². The first-order valence-electron chi connectivity index (χ1n) is 8.18. The van der Waals surface area contributed by atoms with Crippen molar-refractivity contribution < 1.29 is 14.3 Å². The predicted molar refractivity (Wildman–Crippen MR) is 89.7 cm³/mol. The largest absolute Gasteiger partial charge is 0.444 e. The zero-order valence-corrected chi connectivity index (χ0v) is 15.4. The minimum atomic E-state index is -0.636. The van der Waals surface area contributed by atoms with Crippen LogP contribution in [0.5, 0.6) is 0 Å². The molecule has 128 valence electrons. The Labute approximate surface area is 135 Å². The van der Waals surface area contributed by atoms with Crippen molar-refractivity contribution in [2.45, 2.75) is 85.1 Å². The highest BCUT2D eigenvalue weighted by Crippen LogP contribution is 2.40. The van der Waals surface area contributed by atoms with Gasteiger partial charge in [-0.15, -0.1) is 6.58 Å². The molecule has 0 aromatic heterocycles. The number of ether oxygens (including phenoxy) is 2. The second-order valence-electron chi connectivity index (χ2n) is 8.29. The number of hydrogen-bond acceptors (Lipinski definition) is 3. The van der Waals surface area contributed by atoms with Gasteiger partial charge >= 0.3 is 6.09 Å². The van der Waals surface area contributed by atoms with Crippen LogP contribution in [0, 0.1) is 5.41 Å². The lowest BCUT2D eigenvalue weighted by molar-refractivity contribution is -0.0674. The van der Waals surface area contributed by atoms with E-state index in [9.17, 15) is 4.79 Å². The van der Waals surface area contributed by atoms with E-state index in [4.69, 9.17) is 9.47 Å². The standard InChI is InChI=1S/C18H33NO3/c1-9-10-11-12-17(5,6)14-13-21-18(7,8)19(14)15(20)22-16(2,3)4/h9,14H,1,10-13H2,2-8H3/t14-/m1/s1. The van der Waals surface area contributed by atoms with Crippen LogP contribution in [0.3, 0.4) is 0 Å². The van der Waals surface area contributed by atoms with Crippen molar-refractivity contribution >= 4 is 6.09 Å². The summed E-state index contributed by atoms with van der Waals surface area (Å²) in [6.45, 7) is 18.2. The lowest BCUT2D eigenvalue weighted by Gasteiger charge is -2.41. The molecule has 0 unspecified atom stereocenters. The molecule has 0 saturated carbocycles. The van der Waals surface area contributed by atoms with Crippen molar-refractivity contribution in [2.24, 2.45) is 5.41 Å². The van der Waals surface area contributed by atoms with Gasteiger partial charge in [0.2, 0.25) is 0 Å². The Balaban J connectivity index is 2.93. The third kappa shape index (κ3) is 4.73. The number of nitrogens with zero attached hydrogens (tertiary/aromatic N) is 1. The average molecular weight is 311 g/mol. The molecule has 1 heterocycles. The minimum Gasteiger partial charge on any atom is -0.444 e. The molecule has 0 bridgehead atoms. The van der Waals surface area contributed by atoms with E-state index in [1.54, 1.807) is 4.90 Å². The summed E-state index contributed by atoms with van der Waals surface area (Å²) in [5.41, 5.74) is -1.18. The van der Waals surface area contributed by atoms with Crippen molar-refractivity contribution in [1.29, 1.82) is 0 Å². The van der Waals surface area contributed by atoms with Gasteiger partial charge in [0.05, 0.1) is 12.6 Å². The maximum absolute atomic E-state index is 12.7. The third-order valence-corrected chi connectivity index (χ3v) is 4.21. The Morgan fingerprint density at radius 3 is 2.45 bits per heavy atom. The molecule has 1 fully saturated rings. The summed E-state index contributed by atoms with van der Waals surface area (Å²) < 4.78 is 11.5. The van der Waals surface area contributed by atoms with Gasteiger partial charge in [-0.05, 0) is 59.3 Å². The van der Waals surface area contributed by atoms with Crippen LogP contribution in [0.4, 0.5) is 4.79 Å². The number of amides is 1. The van der Waals surface area contributed by atoms with E-state index in [1.165, 1.54) is 0 Å². The SMILES string of the molecule is C=CCCCC(C)(C)[C@H]1COC(C)(C)N1C(=O)OC(C)(C)C. The first kappa shape index (κ1) is 19.0. The summed E-state index contributed by atoms with van der Waals surface area (Å²) in [4.78, 5) is 14.5. The van der Waals surface area contributed by atoms with E-state index in [0.29, 0.717) is 6.61 Å². The second-order valence-corrected chi connectivity index (χ2v) is 8.29. The molecule has 1 atom stereocenters. The van der Waals surface area contributed by atoms with Gasteiger partial charge in [0.15, 0.2) is 0 Å². The fourth-order valence-electron chi connectivity index (χ4n) is 2.90. The van der Waals surface area contributed by atoms with Crippen LogP contribution in [-0.2, 0) is 9.47 Å². The molecule has 1 rings (SSSR count). The van der Waals surface area contributed by atoms with E-state index in [0.717, 1.165) is 19.3 Å². The summed E-state index contributed by atoms with van der Waals surface area (Å²) in [5.74, 6) is 0. The number of hydrogen-bond donors (Lipinski definition) is 0. The van der Waals surface area contributed by atoms with E-state index in [-0.39, 0.29) is 17.6 Å². The summed E-state index contributed by atoms with van der Waals surface area (Å²) in [6.07, 6.45) is 4.72. The van der Waals surface area contributed by atoms with E-state index >= 15 is 0 Å². The van der Waals surface area contributed by atoms with Crippen molar-refractivity contribution in [2.75, 3.05) is 6.61 Å². The van der Waals surface area contributed by atoms with Gasteiger partial charge in [-0.25, -0.2) is 4.79 Å². The number of carbonyl (C=O) groups excluding carboxylic acids is 1. The van der Waals surface area contributed by atoms with Crippen LogP contribution in [0.15, 0.2) is 12.7 Å². The van der Waals surface area contributed by atoms with Crippen LogP contribution in [-0.4, -0.2) is 35.0 Å². The van der Waals surface area contributed by atoms with Gasteiger partial charge in [0.25, 0.3) is 0 Å². The third-order valence-electron chi connectivity index (χ3n) is 4.21. The van der Waals surface area contributed by atoms with Gasteiger partial charge in [0.1, 0.15) is 11.3 Å². The van der Waals surface area contributed by atoms with Crippen molar-refractivity contribution in [3.63, 3.8) is 0 Å². The van der Waals surface area contributed by atoms with Crippen molar-refractivity contribution in [1.82, 2.24) is 4.90 Å². The lowest BCUT2D eigenvalue weighted by atomic mass is 9.79. The highest BCUT2D eigenvalue weighted by Gasteiger charge is 2.50. The molecule has 1 aliphatic heterocycles. The summed E-state index contributed by atoms with van der Waals surface area (Å²) in [6, 6.07) is 0.0159. The monoisotopic (exact) mass is 311 g/mol. The molecule has 0 N–H and O–H groups in total. The molecule has 1 aliphatic rings. The highest BCUT2D eigenvalue weighted by molar-refractivity contribution is 5.70. The van der Waals surface area contributed by atoms with Crippen LogP contribution in [0.2, 0.25) is 0 Å². The molecule has 0 spiro atoms. The molecule has 4 nitrogen and oxygen atoms in total. The number of unbranched alkanes of at least 4 members (excludes halogenated alkanes) is 1. The first-order chi connectivity index (χ1) is 9.91. The maximum atomic E-state index is 12.7. The van der Waals surface area contributed by atoms with E-state index in [1.807, 2.05) is 40.7 Å². The quantitative estimate of drug-likeness (QED) is 0.543. The molecule has 0 aromatic rings. The highest BCUT2D eigenvalue weighted by atomic mass is 16.6. The molecule has 1 amide bonds. The molecular formula is C18H33NO3. The number of carbonyl (C=O) groups is 1. The molecular weight excluding hydrogens is 278 g/mol. The number of allylic oxidation sites excluding steroid dienone is 1. The van der Waals surface area contributed by atoms with E-state index in [2.05, 4.69) is 20.4 Å². The smallest absolute Gasteiger partial charge is 0.412 e. The second kappa shape index (κ2) is 6.61. The normalized spacial score (nSPS) is 21.8. The van der Waals surface area contributed by atoms with Gasteiger partial charge in [-0.2, -0.15) is 0 Å². The molecule has 0 aromatic carbocycles. The van der Waals surface area contributed by atoms with Crippen LogP contribution >= 0.6 is 0 Å². The van der Waals surface area contributed by atoms with Crippen LogP contribution < -0.4 is 0 Å². The van der Waals surface area contributed by atoms with Gasteiger partial charge in [-0.3, -0.25) is 4.90 Å². The molecule has 22 heavy (non-hydrogen) atoms. The molecule has 4 heteroatoms. The van der Waals surface area contributed by atoms with Crippen LogP contribution in [0.25, 0.3) is 0 Å². The Morgan fingerprint density at radius 1 is 1.36 bits per heavy atom. The van der Waals surface area contributed by atoms with Crippen molar-refractivity contribution in [3.05, 3.63) is 12.7 Å². The number of rotatable bonds is 5. The summed E-state index contributed by atoms with van der Waals surface area (Å²) >= 11 is 0. The van der Waals surface area contributed by atoms with Crippen LogP contribution in [0.1, 0.15) is 67.7 Å². The van der Waals surface area contributed by atoms with Gasteiger partial charge in [0, 0.05) is 0 Å². The molecule has 0 radical (unpaired) electrons. The zero-order valence-electron chi connectivity index (χ0n) is 15.4. The minimum absolute atomic E-state index is 0.0159. The molecule has 0 aliphatic carbocycles. The fourth-order valence-corrected chi connectivity index (χ4v) is 2.90. The Kier molecular flexibility index (Phi) is 5.71.